The van der Waals surface area contributed by atoms with Crippen molar-refractivity contribution in [2.24, 2.45) is 0 Å². The quantitative estimate of drug-likeness (QED) is 0.502. The number of rotatable bonds is 6. The Labute approximate surface area is 181 Å². The first kappa shape index (κ1) is 21.5. The molecule has 1 atom stereocenters. The van der Waals surface area contributed by atoms with Gasteiger partial charge in [0.15, 0.2) is 5.58 Å². The van der Waals surface area contributed by atoms with Gasteiger partial charge in [-0.15, -0.1) is 0 Å². The molecule has 0 spiro atoms. The minimum absolute atomic E-state index is 0.00587. The van der Waals surface area contributed by atoms with Crippen LogP contribution in [-0.4, -0.2) is 21.4 Å². The minimum Gasteiger partial charge on any atom is -0.408 e. The third kappa shape index (κ3) is 4.49. The van der Waals surface area contributed by atoms with E-state index in [2.05, 4.69) is 0 Å². The Hall–Kier alpha value is -2.74. The predicted octanol–water partition coefficient (Wildman–Crippen LogP) is 5.41. The zero-order valence-corrected chi connectivity index (χ0v) is 17.4. The minimum atomic E-state index is -4.45. The van der Waals surface area contributed by atoms with Crippen LogP contribution in [0.5, 0.6) is 0 Å². The van der Waals surface area contributed by atoms with E-state index in [0.29, 0.717) is 21.7 Å². The second-order valence-corrected chi connectivity index (χ2v) is 8.15. The third-order valence-corrected chi connectivity index (χ3v) is 5.76. The van der Waals surface area contributed by atoms with Crippen LogP contribution in [0, 0.1) is 0 Å². The van der Waals surface area contributed by atoms with E-state index < -0.39 is 23.5 Å². The summed E-state index contributed by atoms with van der Waals surface area (Å²) in [6, 6.07) is 9.34. The molecule has 1 aliphatic rings. The van der Waals surface area contributed by atoms with E-state index in [1.54, 1.807) is 30.0 Å². The number of amides is 1. The molecule has 1 heterocycles. The molecule has 0 aliphatic heterocycles. The number of oxazole rings is 1. The summed E-state index contributed by atoms with van der Waals surface area (Å²) in [7, 11) is 0. The van der Waals surface area contributed by atoms with E-state index in [-0.39, 0.29) is 24.9 Å². The molecule has 1 amide bonds. The van der Waals surface area contributed by atoms with Crippen LogP contribution in [0.2, 0.25) is 5.02 Å². The zero-order valence-electron chi connectivity index (χ0n) is 16.7. The maximum atomic E-state index is 13.1. The number of carbonyl (C=O) groups is 1. The van der Waals surface area contributed by atoms with Gasteiger partial charge in [-0.1, -0.05) is 23.7 Å². The van der Waals surface area contributed by atoms with Crippen molar-refractivity contribution in [3.63, 3.8) is 0 Å². The highest BCUT2D eigenvalue weighted by molar-refractivity contribution is 6.31. The van der Waals surface area contributed by atoms with Crippen molar-refractivity contribution in [2.45, 2.75) is 51.0 Å². The Morgan fingerprint density at radius 3 is 2.68 bits per heavy atom. The zero-order chi connectivity index (χ0) is 22.3. The van der Waals surface area contributed by atoms with E-state index in [4.69, 9.17) is 16.0 Å². The van der Waals surface area contributed by atoms with Crippen molar-refractivity contribution in [2.75, 3.05) is 0 Å². The highest BCUT2D eigenvalue weighted by atomic mass is 35.5. The second-order valence-electron chi connectivity index (χ2n) is 7.71. The topological polar surface area (TPSA) is 55.5 Å². The molecule has 9 heteroatoms. The highest BCUT2D eigenvalue weighted by Gasteiger charge is 2.37. The third-order valence-electron chi connectivity index (χ3n) is 5.52. The predicted molar refractivity (Wildman–Crippen MR) is 110 cm³/mol. The van der Waals surface area contributed by atoms with Crippen LogP contribution >= 0.6 is 11.6 Å². The van der Waals surface area contributed by atoms with Crippen LogP contribution in [0.1, 0.15) is 43.4 Å². The lowest BCUT2D eigenvalue weighted by Crippen LogP contribution is -2.36. The monoisotopic (exact) mass is 452 g/mol. The number of aromatic nitrogens is 1. The Morgan fingerprint density at radius 2 is 2.00 bits per heavy atom. The molecule has 0 radical (unpaired) electrons. The van der Waals surface area contributed by atoms with Gasteiger partial charge < -0.3 is 9.32 Å². The van der Waals surface area contributed by atoms with Gasteiger partial charge in [-0.25, -0.2) is 4.79 Å². The van der Waals surface area contributed by atoms with Gasteiger partial charge in [0.25, 0.3) is 0 Å². The molecule has 1 saturated carbocycles. The summed E-state index contributed by atoms with van der Waals surface area (Å²) < 4.78 is 45.9. The van der Waals surface area contributed by atoms with Gasteiger partial charge >= 0.3 is 11.9 Å². The van der Waals surface area contributed by atoms with Gasteiger partial charge in [0.2, 0.25) is 5.91 Å². The normalized spacial score (nSPS) is 15.3. The number of alkyl halides is 3. The number of hydrogen-bond donors (Lipinski definition) is 0. The lowest BCUT2D eigenvalue weighted by molar-refractivity contribution is -0.137. The van der Waals surface area contributed by atoms with Gasteiger partial charge in [0.05, 0.1) is 17.1 Å². The summed E-state index contributed by atoms with van der Waals surface area (Å²) >= 11 is 5.92. The lowest BCUT2D eigenvalue weighted by atomic mass is 10.0. The number of carbonyl (C=O) groups excluding carboxylic acids is 1. The second kappa shape index (κ2) is 8.07. The van der Waals surface area contributed by atoms with E-state index in [1.807, 2.05) is 0 Å². The number of nitrogens with zero attached hydrogens (tertiary/aromatic N) is 2. The highest BCUT2D eigenvalue weighted by Crippen LogP contribution is 2.37. The molecule has 1 unspecified atom stereocenters. The standard InChI is InChI=1S/C22H20ClF3N2O3/c1-13(14-3-2-4-15(11-14)22(24,25)26)28(17-6-7-17)20(29)9-10-27-18-8-5-16(23)12-19(18)31-21(27)30/h2-5,8,11-13,17H,6-7,9-10H2,1H3. The fourth-order valence-corrected chi connectivity index (χ4v) is 3.97. The van der Waals surface area contributed by atoms with Crippen LogP contribution in [0.4, 0.5) is 13.2 Å². The Kier molecular flexibility index (Phi) is 5.60. The van der Waals surface area contributed by atoms with Crippen molar-refractivity contribution in [1.29, 1.82) is 0 Å². The van der Waals surface area contributed by atoms with Crippen LogP contribution in [-0.2, 0) is 17.5 Å². The van der Waals surface area contributed by atoms with Crippen molar-refractivity contribution in [3.8, 4) is 0 Å². The largest absolute Gasteiger partial charge is 0.419 e. The smallest absolute Gasteiger partial charge is 0.408 e. The van der Waals surface area contributed by atoms with Gasteiger partial charge in [0, 0.05) is 30.1 Å². The molecular formula is C22H20ClF3N2O3. The summed E-state index contributed by atoms with van der Waals surface area (Å²) in [6.07, 6.45) is -2.81. The summed E-state index contributed by atoms with van der Waals surface area (Å²) in [4.78, 5) is 26.9. The number of hydrogen-bond acceptors (Lipinski definition) is 3. The van der Waals surface area contributed by atoms with Gasteiger partial charge in [-0.2, -0.15) is 13.2 Å². The Bertz CT molecular complexity index is 1180. The first-order chi connectivity index (χ1) is 14.6. The molecule has 5 nitrogen and oxygen atoms in total. The van der Waals surface area contributed by atoms with Gasteiger partial charge in [0.1, 0.15) is 0 Å². The molecule has 2 aromatic carbocycles. The van der Waals surface area contributed by atoms with E-state index in [1.165, 1.54) is 16.7 Å². The van der Waals surface area contributed by atoms with Crippen molar-refractivity contribution in [1.82, 2.24) is 9.47 Å². The molecule has 3 aromatic rings. The van der Waals surface area contributed by atoms with Crippen LogP contribution < -0.4 is 5.76 Å². The Morgan fingerprint density at radius 1 is 1.26 bits per heavy atom. The van der Waals surface area contributed by atoms with E-state index >= 15 is 0 Å². The average molecular weight is 453 g/mol. The van der Waals surface area contributed by atoms with E-state index in [9.17, 15) is 22.8 Å². The molecule has 4 rings (SSSR count). The van der Waals surface area contributed by atoms with Crippen LogP contribution in [0.15, 0.2) is 51.7 Å². The number of aryl methyl sites for hydroxylation is 1. The molecule has 31 heavy (non-hydrogen) atoms. The van der Waals surface area contributed by atoms with Crippen molar-refractivity contribution < 1.29 is 22.4 Å². The van der Waals surface area contributed by atoms with Gasteiger partial charge in [-0.3, -0.25) is 9.36 Å². The maximum Gasteiger partial charge on any atom is 0.419 e. The molecule has 0 bridgehead atoms. The molecule has 164 valence electrons. The summed E-state index contributed by atoms with van der Waals surface area (Å²) in [5.74, 6) is -0.809. The maximum absolute atomic E-state index is 13.1. The molecular weight excluding hydrogens is 433 g/mol. The summed E-state index contributed by atoms with van der Waals surface area (Å²) in [6.45, 7) is 1.83. The van der Waals surface area contributed by atoms with Crippen molar-refractivity contribution >= 4 is 28.6 Å². The van der Waals surface area contributed by atoms with Gasteiger partial charge in [-0.05, 0) is 49.6 Å². The fraction of sp³-hybridized carbons (Fsp3) is 0.364. The first-order valence-corrected chi connectivity index (χ1v) is 10.3. The number of benzene rings is 2. The molecule has 0 N–H and O–H groups in total. The molecule has 1 aliphatic carbocycles. The molecule has 1 aromatic heterocycles. The Balaban J connectivity index is 1.54. The van der Waals surface area contributed by atoms with E-state index in [0.717, 1.165) is 25.0 Å². The molecule has 1 fully saturated rings. The van der Waals surface area contributed by atoms with Crippen LogP contribution in [0.3, 0.4) is 0 Å². The number of halogens is 4. The first-order valence-electron chi connectivity index (χ1n) is 9.92. The molecule has 0 saturated heterocycles. The van der Waals surface area contributed by atoms with Crippen molar-refractivity contribution in [3.05, 3.63) is 69.2 Å². The fourth-order valence-electron chi connectivity index (χ4n) is 3.81. The number of fused-ring (bicyclic) bond motifs is 1. The lowest BCUT2D eigenvalue weighted by Gasteiger charge is -2.30. The van der Waals surface area contributed by atoms with Crippen LogP contribution in [0.25, 0.3) is 11.1 Å². The summed E-state index contributed by atoms with van der Waals surface area (Å²) in [5.41, 5.74) is 0.554. The average Bonchev–Trinajstić information content (AvgIpc) is 3.49. The summed E-state index contributed by atoms with van der Waals surface area (Å²) in [5, 5.41) is 0.430. The SMILES string of the molecule is CC(c1cccc(C(F)(F)F)c1)N(C(=O)CCn1c(=O)oc2cc(Cl)ccc21)C1CC1.